The number of rotatable bonds is 6. The number of aryl methyl sites for hydroxylation is 1. The number of hydrogen-bond acceptors (Lipinski definition) is 6. The molecule has 1 amide bonds. The van der Waals surface area contributed by atoms with Gasteiger partial charge in [-0.25, -0.2) is 9.67 Å². The number of carboxylic acid groups (broad SMARTS) is 1. The van der Waals surface area contributed by atoms with Gasteiger partial charge in [-0.15, -0.1) is 16.4 Å². The van der Waals surface area contributed by atoms with Crippen LogP contribution in [0.25, 0.3) is 6.08 Å². The molecule has 21 heavy (non-hydrogen) atoms. The first-order valence-electron chi connectivity index (χ1n) is 6.02. The van der Waals surface area contributed by atoms with Crippen LogP contribution in [0.15, 0.2) is 17.7 Å². The molecule has 110 valence electrons. The molecule has 0 saturated carbocycles. The van der Waals surface area contributed by atoms with E-state index in [1.54, 1.807) is 6.08 Å². The fourth-order valence-corrected chi connectivity index (χ4v) is 2.07. The Morgan fingerprint density at radius 2 is 2.33 bits per heavy atom. The molecule has 8 nitrogen and oxygen atoms in total. The summed E-state index contributed by atoms with van der Waals surface area (Å²) in [5.41, 5.74) is 1.22. The predicted molar refractivity (Wildman–Crippen MR) is 75.4 cm³/mol. The second-order valence-electron chi connectivity index (χ2n) is 4.14. The molecule has 0 bridgehead atoms. The van der Waals surface area contributed by atoms with Crippen molar-refractivity contribution in [2.24, 2.45) is 0 Å². The van der Waals surface area contributed by atoms with Gasteiger partial charge in [-0.1, -0.05) is 5.21 Å². The van der Waals surface area contributed by atoms with Gasteiger partial charge in [0, 0.05) is 11.5 Å². The predicted octanol–water partition coefficient (Wildman–Crippen LogP) is 0.457. The van der Waals surface area contributed by atoms with Crippen molar-refractivity contribution in [3.63, 3.8) is 0 Å². The van der Waals surface area contributed by atoms with E-state index >= 15 is 0 Å². The number of thiazole rings is 1. The Labute approximate surface area is 124 Å². The molecule has 9 heteroatoms. The van der Waals surface area contributed by atoms with Crippen molar-refractivity contribution >= 4 is 29.3 Å². The molecule has 0 aromatic carbocycles. The zero-order valence-corrected chi connectivity index (χ0v) is 12.0. The second kappa shape index (κ2) is 6.75. The molecule has 2 aromatic rings. The van der Waals surface area contributed by atoms with Crippen LogP contribution in [0, 0.1) is 6.92 Å². The monoisotopic (exact) mass is 307 g/mol. The number of amides is 1. The molecule has 0 atom stereocenters. The van der Waals surface area contributed by atoms with Gasteiger partial charge in [0.1, 0.15) is 12.2 Å². The summed E-state index contributed by atoms with van der Waals surface area (Å²) in [7, 11) is 0. The van der Waals surface area contributed by atoms with Crippen molar-refractivity contribution < 1.29 is 14.7 Å². The molecule has 0 aliphatic rings. The minimum atomic E-state index is -1.00. The highest BCUT2D eigenvalue weighted by atomic mass is 32.1. The Kier molecular flexibility index (Phi) is 4.77. The summed E-state index contributed by atoms with van der Waals surface area (Å²) in [6.45, 7) is 1.81. The van der Waals surface area contributed by atoms with Crippen molar-refractivity contribution in [3.05, 3.63) is 34.0 Å². The minimum Gasteiger partial charge on any atom is -0.480 e. The molecule has 2 heterocycles. The molecule has 0 fully saturated rings. The average Bonchev–Trinajstić information content (AvgIpc) is 3.02. The van der Waals surface area contributed by atoms with E-state index in [0.29, 0.717) is 5.69 Å². The standard InChI is InChI=1S/C12H13N5O3S/c1-8-14-9(7-21-8)2-3-11(18)13-4-10-5-17(16-15-10)6-12(19)20/h2-3,5,7H,4,6H2,1H3,(H,13,18)(H,19,20)/b3-2+. The van der Waals surface area contributed by atoms with E-state index in [4.69, 9.17) is 5.11 Å². The van der Waals surface area contributed by atoms with E-state index < -0.39 is 5.97 Å². The first-order chi connectivity index (χ1) is 10.0. The van der Waals surface area contributed by atoms with Crippen LogP contribution < -0.4 is 5.32 Å². The lowest BCUT2D eigenvalue weighted by Crippen LogP contribution is -2.20. The lowest BCUT2D eigenvalue weighted by atomic mass is 10.4. The molecule has 0 unspecified atom stereocenters. The van der Waals surface area contributed by atoms with Crippen LogP contribution in [0.1, 0.15) is 16.4 Å². The second-order valence-corrected chi connectivity index (χ2v) is 5.21. The quantitative estimate of drug-likeness (QED) is 0.750. The first kappa shape index (κ1) is 14.9. The van der Waals surface area contributed by atoms with Crippen LogP contribution in [0.4, 0.5) is 0 Å². The van der Waals surface area contributed by atoms with Crippen LogP contribution in [-0.4, -0.2) is 37.0 Å². The van der Waals surface area contributed by atoms with E-state index in [2.05, 4.69) is 20.6 Å². The summed E-state index contributed by atoms with van der Waals surface area (Å²) in [6, 6.07) is 0. The Morgan fingerprint density at radius 3 is 3.00 bits per heavy atom. The number of carbonyl (C=O) groups is 2. The molecule has 0 saturated heterocycles. The Balaban J connectivity index is 1.82. The smallest absolute Gasteiger partial charge is 0.325 e. The summed E-state index contributed by atoms with van der Waals surface area (Å²) >= 11 is 1.51. The maximum atomic E-state index is 11.6. The summed E-state index contributed by atoms with van der Waals surface area (Å²) < 4.78 is 1.19. The van der Waals surface area contributed by atoms with Crippen molar-refractivity contribution in [2.75, 3.05) is 0 Å². The SMILES string of the molecule is Cc1nc(/C=C/C(=O)NCc2cn(CC(=O)O)nn2)cs1. The van der Waals surface area contributed by atoms with Gasteiger partial charge in [0.2, 0.25) is 5.91 Å². The van der Waals surface area contributed by atoms with Gasteiger partial charge in [-0.05, 0) is 13.0 Å². The normalized spacial score (nSPS) is 10.9. The lowest BCUT2D eigenvalue weighted by Gasteiger charge is -1.97. The number of nitrogens with zero attached hydrogens (tertiary/aromatic N) is 4. The summed E-state index contributed by atoms with van der Waals surface area (Å²) in [5.74, 6) is -1.29. The fraction of sp³-hybridized carbons (Fsp3) is 0.250. The van der Waals surface area contributed by atoms with E-state index in [9.17, 15) is 9.59 Å². The minimum absolute atomic E-state index is 0.179. The average molecular weight is 307 g/mol. The van der Waals surface area contributed by atoms with Gasteiger partial charge in [-0.3, -0.25) is 9.59 Å². The highest BCUT2D eigenvalue weighted by Gasteiger charge is 2.05. The Bertz CT molecular complexity index is 676. The van der Waals surface area contributed by atoms with Gasteiger partial charge in [0.15, 0.2) is 0 Å². The van der Waals surface area contributed by atoms with Crippen molar-refractivity contribution in [1.82, 2.24) is 25.3 Å². The largest absolute Gasteiger partial charge is 0.480 e. The van der Waals surface area contributed by atoms with Gasteiger partial charge in [0.25, 0.3) is 0 Å². The molecular weight excluding hydrogens is 294 g/mol. The molecule has 2 aromatic heterocycles. The van der Waals surface area contributed by atoms with Crippen LogP contribution in [0.5, 0.6) is 0 Å². The number of aromatic nitrogens is 4. The number of hydrogen-bond donors (Lipinski definition) is 2. The summed E-state index contributed by atoms with van der Waals surface area (Å²) in [4.78, 5) is 26.3. The van der Waals surface area contributed by atoms with Crippen molar-refractivity contribution in [3.8, 4) is 0 Å². The van der Waals surface area contributed by atoms with Gasteiger partial charge in [0.05, 0.1) is 23.4 Å². The number of nitrogens with one attached hydrogen (secondary N) is 1. The first-order valence-corrected chi connectivity index (χ1v) is 6.90. The highest BCUT2D eigenvalue weighted by Crippen LogP contribution is 2.08. The van der Waals surface area contributed by atoms with E-state index in [0.717, 1.165) is 10.7 Å². The molecular formula is C12H13N5O3S. The van der Waals surface area contributed by atoms with Crippen molar-refractivity contribution in [1.29, 1.82) is 0 Å². The zero-order chi connectivity index (χ0) is 15.2. The van der Waals surface area contributed by atoms with Gasteiger partial charge in [-0.2, -0.15) is 0 Å². The highest BCUT2D eigenvalue weighted by molar-refractivity contribution is 7.09. The summed E-state index contributed by atoms with van der Waals surface area (Å²) in [6.07, 6.45) is 4.48. The van der Waals surface area contributed by atoms with Crippen LogP contribution >= 0.6 is 11.3 Å². The molecule has 0 spiro atoms. The van der Waals surface area contributed by atoms with Crippen LogP contribution in [-0.2, 0) is 22.7 Å². The van der Waals surface area contributed by atoms with Crippen molar-refractivity contribution in [2.45, 2.75) is 20.0 Å². The molecule has 0 aliphatic heterocycles. The van der Waals surface area contributed by atoms with Gasteiger partial charge >= 0.3 is 5.97 Å². The number of aliphatic carboxylic acids is 1. The third-order valence-corrected chi connectivity index (χ3v) is 3.16. The zero-order valence-electron chi connectivity index (χ0n) is 11.2. The van der Waals surface area contributed by atoms with E-state index in [-0.39, 0.29) is 19.0 Å². The third kappa shape index (κ3) is 4.80. The maximum Gasteiger partial charge on any atom is 0.325 e. The fourth-order valence-electron chi connectivity index (χ4n) is 1.49. The number of carboxylic acids is 1. The topological polar surface area (TPSA) is 110 Å². The number of carbonyl (C=O) groups excluding carboxylic acids is 1. The summed E-state index contributed by atoms with van der Waals surface area (Å²) in [5, 5.41) is 21.4. The Morgan fingerprint density at radius 1 is 1.52 bits per heavy atom. The van der Waals surface area contributed by atoms with E-state index in [1.807, 2.05) is 12.3 Å². The maximum absolute atomic E-state index is 11.6. The molecule has 0 aliphatic carbocycles. The molecule has 2 N–H and O–H groups in total. The van der Waals surface area contributed by atoms with Gasteiger partial charge < -0.3 is 10.4 Å². The molecule has 2 rings (SSSR count). The van der Waals surface area contributed by atoms with E-state index in [1.165, 1.54) is 28.3 Å². The van der Waals surface area contributed by atoms with Crippen LogP contribution in [0.2, 0.25) is 0 Å². The third-order valence-electron chi connectivity index (χ3n) is 2.37. The lowest BCUT2D eigenvalue weighted by molar-refractivity contribution is -0.137. The van der Waals surface area contributed by atoms with Crippen LogP contribution in [0.3, 0.4) is 0 Å². The molecule has 0 radical (unpaired) electrons. The Hall–Kier alpha value is -2.55.